The number of nitrogens with zero attached hydrogens (tertiary/aromatic N) is 1. The highest BCUT2D eigenvalue weighted by Crippen LogP contribution is 2.30. The molecule has 0 spiro atoms. The number of anilines is 2. The van der Waals surface area contributed by atoms with E-state index in [0.717, 1.165) is 18.2 Å². The maximum absolute atomic E-state index is 13.4. The summed E-state index contributed by atoms with van der Waals surface area (Å²) in [6.45, 7) is 0. The number of alkyl halides is 3. The van der Waals surface area contributed by atoms with Gasteiger partial charge in [0.05, 0.1) is 11.3 Å². The maximum Gasteiger partial charge on any atom is 0.416 e. The lowest BCUT2D eigenvalue weighted by atomic mass is 10.1. The summed E-state index contributed by atoms with van der Waals surface area (Å²) in [5.74, 6) is -0.690. The fraction of sp³-hybridized carbons (Fsp3) is 0.0714. The molecule has 0 bridgehead atoms. The van der Waals surface area contributed by atoms with Crippen molar-refractivity contribution in [1.82, 2.24) is 0 Å². The molecule has 20 heavy (non-hydrogen) atoms. The second-order valence-electron chi connectivity index (χ2n) is 3.97. The molecule has 2 nitrogen and oxygen atoms in total. The highest BCUT2D eigenvalue weighted by molar-refractivity contribution is 5.66. The lowest BCUT2D eigenvalue weighted by Gasteiger charge is -2.10. The Kier molecular flexibility index (Phi) is 3.61. The van der Waals surface area contributed by atoms with Gasteiger partial charge in [0.25, 0.3) is 0 Å². The first-order valence-electron chi connectivity index (χ1n) is 5.54. The van der Waals surface area contributed by atoms with Gasteiger partial charge in [0, 0.05) is 5.69 Å². The molecular weight excluding hydrogens is 272 g/mol. The molecule has 0 atom stereocenters. The second kappa shape index (κ2) is 5.21. The standard InChI is InChI=1S/C14H8F4N2/c15-12-2-1-3-13(11(12)8-19)20-10-6-4-9(5-7-10)14(16,17)18/h1-7,20H. The van der Waals surface area contributed by atoms with Gasteiger partial charge in [-0.2, -0.15) is 18.4 Å². The van der Waals surface area contributed by atoms with Crippen molar-refractivity contribution in [1.29, 1.82) is 5.26 Å². The highest BCUT2D eigenvalue weighted by Gasteiger charge is 2.29. The number of hydrogen-bond donors (Lipinski definition) is 1. The fourth-order valence-corrected chi connectivity index (χ4v) is 1.64. The monoisotopic (exact) mass is 280 g/mol. The minimum Gasteiger partial charge on any atom is -0.354 e. The van der Waals surface area contributed by atoms with E-state index in [9.17, 15) is 17.6 Å². The Balaban J connectivity index is 2.28. The van der Waals surface area contributed by atoms with Gasteiger partial charge in [-0.15, -0.1) is 0 Å². The van der Waals surface area contributed by atoms with Gasteiger partial charge < -0.3 is 5.32 Å². The van der Waals surface area contributed by atoms with E-state index < -0.39 is 17.6 Å². The molecule has 0 unspecified atom stereocenters. The number of halogens is 4. The molecule has 0 radical (unpaired) electrons. The second-order valence-corrected chi connectivity index (χ2v) is 3.97. The van der Waals surface area contributed by atoms with Gasteiger partial charge in [-0.25, -0.2) is 4.39 Å². The molecule has 0 aliphatic heterocycles. The molecule has 2 aromatic carbocycles. The zero-order chi connectivity index (χ0) is 14.8. The predicted octanol–water partition coefficient (Wildman–Crippen LogP) is 4.46. The average Bonchev–Trinajstić information content (AvgIpc) is 2.38. The van der Waals surface area contributed by atoms with E-state index in [4.69, 9.17) is 5.26 Å². The first-order valence-corrected chi connectivity index (χ1v) is 5.54. The average molecular weight is 280 g/mol. The zero-order valence-corrected chi connectivity index (χ0v) is 10.0. The van der Waals surface area contributed by atoms with Crippen molar-refractivity contribution < 1.29 is 17.6 Å². The molecule has 6 heteroatoms. The third-order valence-corrected chi connectivity index (χ3v) is 2.62. The molecule has 0 aliphatic carbocycles. The summed E-state index contributed by atoms with van der Waals surface area (Å²) in [5.41, 5.74) is -0.428. The first-order chi connectivity index (χ1) is 9.41. The van der Waals surface area contributed by atoms with E-state index in [1.165, 1.54) is 24.3 Å². The summed E-state index contributed by atoms with van der Waals surface area (Å²) >= 11 is 0. The molecule has 1 N–H and O–H groups in total. The van der Waals surface area contributed by atoms with Crippen LogP contribution in [0, 0.1) is 17.1 Å². The molecule has 0 aliphatic rings. The largest absolute Gasteiger partial charge is 0.416 e. The number of hydrogen-bond acceptors (Lipinski definition) is 2. The topological polar surface area (TPSA) is 35.8 Å². The van der Waals surface area contributed by atoms with Crippen LogP contribution in [0.25, 0.3) is 0 Å². The van der Waals surface area contributed by atoms with E-state index in [1.54, 1.807) is 6.07 Å². The molecule has 2 aromatic rings. The number of nitriles is 1. The number of nitrogens with one attached hydrogen (secondary N) is 1. The maximum atomic E-state index is 13.4. The third-order valence-electron chi connectivity index (χ3n) is 2.62. The zero-order valence-electron chi connectivity index (χ0n) is 10.0. The summed E-state index contributed by atoms with van der Waals surface area (Å²) in [5, 5.41) is 11.6. The lowest BCUT2D eigenvalue weighted by Crippen LogP contribution is -2.04. The molecule has 0 aromatic heterocycles. The van der Waals surface area contributed by atoms with E-state index >= 15 is 0 Å². The highest BCUT2D eigenvalue weighted by atomic mass is 19.4. The SMILES string of the molecule is N#Cc1c(F)cccc1Nc1ccc(C(F)(F)F)cc1. The molecule has 0 amide bonds. The van der Waals surface area contributed by atoms with Crippen molar-refractivity contribution in [2.45, 2.75) is 6.18 Å². The van der Waals surface area contributed by atoms with Crippen LogP contribution in [0.1, 0.15) is 11.1 Å². The van der Waals surface area contributed by atoms with E-state index in [1.807, 2.05) is 0 Å². The van der Waals surface area contributed by atoms with Crippen molar-refractivity contribution in [2.75, 3.05) is 5.32 Å². The Morgan fingerprint density at radius 2 is 1.65 bits per heavy atom. The van der Waals surface area contributed by atoms with Crippen LogP contribution in [-0.4, -0.2) is 0 Å². The predicted molar refractivity (Wildman–Crippen MR) is 65.8 cm³/mol. The van der Waals surface area contributed by atoms with Crippen LogP contribution in [0.3, 0.4) is 0 Å². The van der Waals surface area contributed by atoms with E-state index in [0.29, 0.717) is 5.69 Å². The summed E-state index contributed by atoms with van der Waals surface area (Å²) in [4.78, 5) is 0. The van der Waals surface area contributed by atoms with Gasteiger partial charge in [-0.1, -0.05) is 6.07 Å². The summed E-state index contributed by atoms with van der Waals surface area (Å²) < 4.78 is 50.6. The minimum absolute atomic E-state index is 0.188. The van der Waals surface area contributed by atoms with Crippen LogP contribution in [0.15, 0.2) is 42.5 Å². The van der Waals surface area contributed by atoms with Crippen molar-refractivity contribution in [3.8, 4) is 6.07 Å². The van der Waals surface area contributed by atoms with Crippen LogP contribution in [0.5, 0.6) is 0 Å². The fourth-order valence-electron chi connectivity index (χ4n) is 1.64. The van der Waals surface area contributed by atoms with Gasteiger partial charge in [-0.3, -0.25) is 0 Å². The van der Waals surface area contributed by atoms with Gasteiger partial charge in [-0.05, 0) is 36.4 Å². The minimum atomic E-state index is -4.41. The summed E-state index contributed by atoms with van der Waals surface area (Å²) in [6.07, 6.45) is -4.41. The molecule has 0 fully saturated rings. The molecule has 102 valence electrons. The smallest absolute Gasteiger partial charge is 0.354 e. The van der Waals surface area contributed by atoms with E-state index in [-0.39, 0.29) is 11.3 Å². The van der Waals surface area contributed by atoms with Crippen LogP contribution in [0.2, 0.25) is 0 Å². The molecule has 2 rings (SSSR count). The lowest BCUT2D eigenvalue weighted by molar-refractivity contribution is -0.137. The third kappa shape index (κ3) is 2.88. The van der Waals surface area contributed by atoms with Gasteiger partial charge in [0.1, 0.15) is 17.4 Å². The van der Waals surface area contributed by atoms with Crippen molar-refractivity contribution in [2.24, 2.45) is 0 Å². The van der Waals surface area contributed by atoms with Crippen LogP contribution in [-0.2, 0) is 6.18 Å². The number of rotatable bonds is 2. The van der Waals surface area contributed by atoms with Crippen molar-refractivity contribution >= 4 is 11.4 Å². The van der Waals surface area contributed by atoms with Crippen molar-refractivity contribution in [3.05, 3.63) is 59.4 Å². The molecule has 0 heterocycles. The van der Waals surface area contributed by atoms with E-state index in [2.05, 4.69) is 5.32 Å². The molecule has 0 saturated carbocycles. The Morgan fingerprint density at radius 1 is 1.00 bits per heavy atom. The van der Waals surface area contributed by atoms with Gasteiger partial charge >= 0.3 is 6.18 Å². The first kappa shape index (κ1) is 13.9. The Morgan fingerprint density at radius 3 is 2.20 bits per heavy atom. The van der Waals surface area contributed by atoms with Crippen LogP contribution >= 0.6 is 0 Å². The summed E-state index contributed by atoms with van der Waals surface area (Å²) in [7, 11) is 0. The van der Waals surface area contributed by atoms with Crippen LogP contribution in [0.4, 0.5) is 28.9 Å². The van der Waals surface area contributed by atoms with Crippen LogP contribution < -0.4 is 5.32 Å². The normalized spacial score (nSPS) is 10.9. The Hall–Kier alpha value is -2.55. The van der Waals surface area contributed by atoms with Gasteiger partial charge in [0.2, 0.25) is 0 Å². The number of benzene rings is 2. The van der Waals surface area contributed by atoms with Gasteiger partial charge in [0.15, 0.2) is 0 Å². The summed E-state index contributed by atoms with van der Waals surface area (Å²) in [6, 6.07) is 9.97. The van der Waals surface area contributed by atoms with Crippen molar-refractivity contribution in [3.63, 3.8) is 0 Å². The molecule has 0 saturated heterocycles. The molecular formula is C14H8F4N2. The Labute approximate surface area is 112 Å². The quantitative estimate of drug-likeness (QED) is 0.824. The Bertz CT molecular complexity index is 654.